The van der Waals surface area contributed by atoms with E-state index in [1.807, 2.05) is 30.3 Å². The molecule has 1 aromatic carbocycles. The minimum Gasteiger partial charge on any atom is -0.480 e. The molecule has 2 N–H and O–H groups in total. The molecule has 22 heavy (non-hydrogen) atoms. The lowest BCUT2D eigenvalue weighted by Crippen LogP contribution is -2.42. The highest BCUT2D eigenvalue weighted by Crippen LogP contribution is 2.04. The maximum Gasteiger partial charge on any atom is 0.408 e. The fourth-order valence-corrected chi connectivity index (χ4v) is 1.86. The molecule has 0 spiro atoms. The first-order valence-corrected chi connectivity index (χ1v) is 6.74. The van der Waals surface area contributed by atoms with Crippen molar-refractivity contribution in [2.75, 3.05) is 0 Å². The monoisotopic (exact) mass is 300 g/mol. The van der Waals surface area contributed by atoms with Gasteiger partial charge in [0.15, 0.2) is 0 Å². The van der Waals surface area contributed by atoms with Crippen LogP contribution in [0.3, 0.4) is 0 Å². The maximum absolute atomic E-state index is 11.7. The summed E-state index contributed by atoms with van der Waals surface area (Å²) in [4.78, 5) is 26.8. The van der Waals surface area contributed by atoms with Crippen molar-refractivity contribution in [1.29, 1.82) is 0 Å². The summed E-state index contributed by atoms with van der Waals surface area (Å²) in [6, 6.07) is 11.6. The SMILES string of the molecule is O=C(N[C@H](Cc1cccnc1)C(=O)O)OCc1ccccc1. The van der Waals surface area contributed by atoms with Gasteiger partial charge in [-0.25, -0.2) is 9.59 Å². The molecule has 0 radical (unpaired) electrons. The van der Waals surface area contributed by atoms with Crippen LogP contribution in [0.25, 0.3) is 0 Å². The topological polar surface area (TPSA) is 88.5 Å². The number of amides is 1. The summed E-state index contributed by atoms with van der Waals surface area (Å²) in [5, 5.41) is 11.5. The second-order valence-electron chi connectivity index (χ2n) is 4.66. The lowest BCUT2D eigenvalue weighted by Gasteiger charge is -2.14. The lowest BCUT2D eigenvalue weighted by molar-refractivity contribution is -0.139. The fourth-order valence-electron chi connectivity index (χ4n) is 1.86. The number of alkyl carbamates (subject to hydrolysis) is 1. The first-order valence-electron chi connectivity index (χ1n) is 6.74. The van der Waals surface area contributed by atoms with Crippen LogP contribution in [0.2, 0.25) is 0 Å². The van der Waals surface area contributed by atoms with Gasteiger partial charge in [0.25, 0.3) is 0 Å². The number of hydrogen-bond acceptors (Lipinski definition) is 4. The number of aromatic nitrogens is 1. The molecule has 0 saturated carbocycles. The summed E-state index contributed by atoms with van der Waals surface area (Å²) in [7, 11) is 0. The third-order valence-electron chi connectivity index (χ3n) is 2.97. The molecule has 6 nitrogen and oxygen atoms in total. The smallest absolute Gasteiger partial charge is 0.408 e. The molecule has 0 aliphatic heterocycles. The third kappa shape index (κ3) is 4.90. The van der Waals surface area contributed by atoms with Crippen LogP contribution >= 0.6 is 0 Å². The first-order chi connectivity index (χ1) is 10.6. The van der Waals surface area contributed by atoms with Crippen molar-refractivity contribution in [2.24, 2.45) is 0 Å². The van der Waals surface area contributed by atoms with Crippen LogP contribution < -0.4 is 5.32 Å². The number of benzene rings is 1. The van der Waals surface area contributed by atoms with E-state index < -0.39 is 18.1 Å². The molecule has 114 valence electrons. The van der Waals surface area contributed by atoms with Crippen molar-refractivity contribution in [1.82, 2.24) is 10.3 Å². The molecule has 2 rings (SSSR count). The van der Waals surface area contributed by atoms with Gasteiger partial charge in [0.2, 0.25) is 0 Å². The molecule has 1 amide bonds. The summed E-state index contributed by atoms with van der Waals surface area (Å²) in [5.41, 5.74) is 1.55. The number of carboxylic acids is 1. The summed E-state index contributed by atoms with van der Waals surface area (Å²) >= 11 is 0. The van der Waals surface area contributed by atoms with E-state index in [-0.39, 0.29) is 13.0 Å². The van der Waals surface area contributed by atoms with Gasteiger partial charge in [-0.05, 0) is 17.2 Å². The van der Waals surface area contributed by atoms with Crippen molar-refractivity contribution >= 4 is 12.1 Å². The van der Waals surface area contributed by atoms with Crippen molar-refractivity contribution in [3.05, 3.63) is 66.0 Å². The number of nitrogens with one attached hydrogen (secondary N) is 1. The van der Waals surface area contributed by atoms with Crippen molar-refractivity contribution in [2.45, 2.75) is 19.1 Å². The number of pyridine rings is 1. The van der Waals surface area contributed by atoms with E-state index in [9.17, 15) is 14.7 Å². The Balaban J connectivity index is 1.88. The number of carbonyl (C=O) groups is 2. The molecule has 2 aromatic rings. The minimum absolute atomic E-state index is 0.0892. The van der Waals surface area contributed by atoms with Gasteiger partial charge in [-0.15, -0.1) is 0 Å². The zero-order valence-electron chi connectivity index (χ0n) is 11.8. The van der Waals surface area contributed by atoms with Crippen LogP contribution in [0.4, 0.5) is 4.79 Å². The quantitative estimate of drug-likeness (QED) is 0.852. The maximum atomic E-state index is 11.7. The number of aliphatic carboxylic acids is 1. The molecule has 0 aliphatic carbocycles. The second-order valence-corrected chi connectivity index (χ2v) is 4.66. The third-order valence-corrected chi connectivity index (χ3v) is 2.97. The minimum atomic E-state index is -1.12. The van der Waals surface area contributed by atoms with E-state index in [4.69, 9.17) is 4.74 Å². The summed E-state index contributed by atoms with van der Waals surface area (Å²) in [5.74, 6) is -1.12. The van der Waals surface area contributed by atoms with Gasteiger partial charge in [0, 0.05) is 18.8 Å². The molecule has 1 heterocycles. The van der Waals surface area contributed by atoms with Gasteiger partial charge in [-0.1, -0.05) is 36.4 Å². The average molecular weight is 300 g/mol. The van der Waals surface area contributed by atoms with Crippen molar-refractivity contribution in [3.8, 4) is 0 Å². The van der Waals surface area contributed by atoms with Gasteiger partial charge in [0.1, 0.15) is 12.6 Å². The molecular weight excluding hydrogens is 284 g/mol. The molecule has 1 aromatic heterocycles. The molecule has 0 bridgehead atoms. The van der Waals surface area contributed by atoms with Crippen molar-refractivity contribution in [3.63, 3.8) is 0 Å². The highest BCUT2D eigenvalue weighted by molar-refractivity contribution is 5.80. The Morgan fingerprint density at radius 2 is 1.86 bits per heavy atom. The van der Waals surface area contributed by atoms with Crippen LogP contribution in [0.15, 0.2) is 54.9 Å². The molecule has 0 fully saturated rings. The van der Waals surface area contributed by atoms with Gasteiger partial charge in [-0.3, -0.25) is 4.98 Å². The van der Waals surface area contributed by atoms with Crippen molar-refractivity contribution < 1.29 is 19.4 Å². The Morgan fingerprint density at radius 1 is 1.14 bits per heavy atom. The van der Waals surface area contributed by atoms with E-state index in [1.165, 1.54) is 0 Å². The van der Waals surface area contributed by atoms with E-state index >= 15 is 0 Å². The van der Waals surface area contributed by atoms with Crippen LogP contribution in [0.1, 0.15) is 11.1 Å². The van der Waals surface area contributed by atoms with Gasteiger partial charge in [0.05, 0.1) is 0 Å². The molecule has 0 aliphatic rings. The molecule has 0 unspecified atom stereocenters. The molecule has 0 saturated heterocycles. The number of carboxylic acid groups (broad SMARTS) is 1. The van der Waals surface area contributed by atoms with E-state index in [2.05, 4.69) is 10.3 Å². The number of rotatable bonds is 6. The Kier molecular flexibility index (Phi) is 5.48. The van der Waals surface area contributed by atoms with Gasteiger partial charge < -0.3 is 15.2 Å². The summed E-state index contributed by atoms with van der Waals surface area (Å²) < 4.78 is 5.02. The van der Waals surface area contributed by atoms with E-state index in [0.29, 0.717) is 0 Å². The van der Waals surface area contributed by atoms with Gasteiger partial charge in [-0.2, -0.15) is 0 Å². The summed E-state index contributed by atoms with van der Waals surface area (Å²) in [6.45, 7) is 0.0892. The number of hydrogen-bond donors (Lipinski definition) is 2. The second kappa shape index (κ2) is 7.78. The van der Waals surface area contributed by atoms with Gasteiger partial charge >= 0.3 is 12.1 Å². The van der Waals surface area contributed by atoms with E-state index in [0.717, 1.165) is 11.1 Å². The van der Waals surface area contributed by atoms with E-state index in [1.54, 1.807) is 24.5 Å². The number of nitrogens with zero attached hydrogens (tertiary/aromatic N) is 1. The predicted molar refractivity (Wildman–Crippen MR) is 79.1 cm³/mol. The number of carbonyl (C=O) groups excluding carboxylic acids is 1. The predicted octanol–water partition coefficient (Wildman–Crippen LogP) is 2.00. The Hall–Kier alpha value is -2.89. The fraction of sp³-hybridized carbons (Fsp3) is 0.188. The number of ether oxygens (including phenoxy) is 1. The molecular formula is C16H16N2O4. The highest BCUT2D eigenvalue weighted by atomic mass is 16.5. The van der Waals surface area contributed by atoms with Crippen LogP contribution in [-0.2, 0) is 22.6 Å². The zero-order chi connectivity index (χ0) is 15.8. The Labute approximate surface area is 127 Å². The highest BCUT2D eigenvalue weighted by Gasteiger charge is 2.21. The normalized spacial score (nSPS) is 11.5. The zero-order valence-corrected chi connectivity index (χ0v) is 11.8. The van der Waals surface area contributed by atoms with Crippen LogP contribution in [0, 0.1) is 0 Å². The largest absolute Gasteiger partial charge is 0.480 e. The molecule has 6 heteroatoms. The first kappa shape index (κ1) is 15.5. The summed E-state index contributed by atoms with van der Waals surface area (Å²) in [6.07, 6.45) is 2.54. The van der Waals surface area contributed by atoms with Crippen LogP contribution in [0.5, 0.6) is 0 Å². The molecule has 1 atom stereocenters. The lowest BCUT2D eigenvalue weighted by atomic mass is 10.1. The van der Waals surface area contributed by atoms with Crippen LogP contribution in [-0.4, -0.2) is 28.2 Å². The Morgan fingerprint density at radius 3 is 2.50 bits per heavy atom. The average Bonchev–Trinajstić information content (AvgIpc) is 2.54. The Bertz CT molecular complexity index is 617. The standard InChI is InChI=1S/C16H16N2O4/c19-15(20)14(9-13-7-4-8-17-10-13)18-16(21)22-11-12-5-2-1-3-6-12/h1-8,10,14H,9,11H2,(H,18,21)(H,19,20)/t14-/m1/s1.